The Morgan fingerprint density at radius 1 is 1.10 bits per heavy atom. The molecular formula is C38H68N4O5S. The lowest BCUT2D eigenvalue weighted by molar-refractivity contribution is -0.479. The van der Waals surface area contributed by atoms with E-state index in [9.17, 15) is 14.9 Å². The average molecular weight is 693 g/mol. The molecule has 9 nitrogen and oxygen atoms in total. The first-order chi connectivity index (χ1) is 22.6. The van der Waals surface area contributed by atoms with Gasteiger partial charge in [-0.1, -0.05) is 72.8 Å². The van der Waals surface area contributed by atoms with Gasteiger partial charge in [-0.25, -0.2) is 4.79 Å². The minimum atomic E-state index is -0.339. The zero-order chi connectivity index (χ0) is 37.6. The van der Waals surface area contributed by atoms with Crippen LogP contribution in [0, 0.1) is 16.0 Å². The first-order valence-electron chi connectivity index (χ1n) is 17.2. The second-order valence-corrected chi connectivity index (χ2v) is 13.0. The number of nitrogens with one attached hydrogen (secondary N) is 1. The van der Waals surface area contributed by atoms with Crippen molar-refractivity contribution in [2.75, 3.05) is 53.2 Å². The van der Waals surface area contributed by atoms with Crippen LogP contribution in [-0.4, -0.2) is 91.5 Å². The Morgan fingerprint density at radius 2 is 1.62 bits per heavy atom. The van der Waals surface area contributed by atoms with Crippen LogP contribution in [0.2, 0.25) is 0 Å². The second-order valence-electron chi connectivity index (χ2n) is 12.0. The molecule has 2 amide bonds. The molecule has 1 saturated heterocycles. The summed E-state index contributed by atoms with van der Waals surface area (Å²) in [6, 6.07) is -0.109. The van der Waals surface area contributed by atoms with Gasteiger partial charge in [-0.3, -0.25) is 20.3 Å². The third-order valence-electron chi connectivity index (χ3n) is 8.21. The fourth-order valence-corrected chi connectivity index (χ4v) is 5.35. The van der Waals surface area contributed by atoms with Crippen molar-refractivity contribution in [3.8, 4) is 0 Å². The molecule has 0 bridgehead atoms. The van der Waals surface area contributed by atoms with Gasteiger partial charge in [0.05, 0.1) is 0 Å². The number of rotatable bonds is 13. The molecule has 0 radical (unpaired) electrons. The first kappa shape index (κ1) is 47.5. The van der Waals surface area contributed by atoms with Gasteiger partial charge >= 0.3 is 6.03 Å². The van der Waals surface area contributed by atoms with E-state index in [1.807, 2.05) is 32.3 Å². The third-order valence-corrected chi connectivity index (χ3v) is 9.10. The van der Waals surface area contributed by atoms with Crippen molar-refractivity contribution in [2.45, 2.75) is 107 Å². The molecule has 2 aliphatic rings. The summed E-state index contributed by atoms with van der Waals surface area (Å²) in [6.45, 7) is 32.7. The number of amides is 2. The molecule has 3 unspecified atom stereocenters. The Hall–Kier alpha value is -2.66. The number of carbonyl (C=O) groups is 1. The summed E-state index contributed by atoms with van der Waals surface area (Å²) in [5.41, 5.74) is 8.45. The van der Waals surface area contributed by atoms with Gasteiger partial charge in [-0.15, -0.1) is 11.8 Å². The Balaban J connectivity index is 0. The number of carbonyl (C=O) groups excluding carboxylic acids is 1. The summed E-state index contributed by atoms with van der Waals surface area (Å²) in [7, 11) is 3.31. The smallest absolute Gasteiger partial charge is 0.324 e. The molecule has 48 heavy (non-hydrogen) atoms. The van der Waals surface area contributed by atoms with Crippen molar-refractivity contribution >= 4 is 17.8 Å². The van der Waals surface area contributed by atoms with E-state index in [1.54, 1.807) is 30.9 Å². The SMILES string of the molecule is C=C(C)N(CCNC(C[N+](=O)[O-])SC)C(=O)N1CCC2=CC(OC)C(OC)C=C2C1.C=C/C(C)=C(C)\C(C)=C(\C)C(C)C.CC.CCC. The van der Waals surface area contributed by atoms with Crippen molar-refractivity contribution in [1.82, 2.24) is 15.1 Å². The van der Waals surface area contributed by atoms with Crippen LogP contribution < -0.4 is 5.32 Å². The highest BCUT2D eigenvalue weighted by Gasteiger charge is 2.31. The van der Waals surface area contributed by atoms with Gasteiger partial charge < -0.3 is 14.4 Å². The minimum Gasteiger partial charge on any atom is -0.374 e. The Kier molecular flexibility index (Phi) is 25.9. The highest BCUT2D eigenvalue weighted by molar-refractivity contribution is 7.99. The maximum Gasteiger partial charge on any atom is 0.324 e. The normalized spacial score (nSPS) is 18.4. The molecule has 0 saturated carbocycles. The number of hydrogen-bond donors (Lipinski definition) is 1. The highest BCUT2D eigenvalue weighted by atomic mass is 32.2. The van der Waals surface area contributed by atoms with Gasteiger partial charge in [0, 0.05) is 51.0 Å². The van der Waals surface area contributed by atoms with Gasteiger partial charge in [0.1, 0.15) is 17.6 Å². The molecule has 1 N–H and O–H groups in total. The number of ether oxygens (including phenoxy) is 2. The number of hydrogen-bond acceptors (Lipinski definition) is 7. The maximum absolute atomic E-state index is 13.2. The van der Waals surface area contributed by atoms with Crippen LogP contribution in [0.25, 0.3) is 0 Å². The van der Waals surface area contributed by atoms with E-state index in [2.05, 4.69) is 79.9 Å². The minimum absolute atomic E-state index is 0.109. The predicted molar refractivity (Wildman–Crippen MR) is 207 cm³/mol. The lowest BCUT2D eigenvalue weighted by Gasteiger charge is -2.38. The topological polar surface area (TPSA) is 97.2 Å². The summed E-state index contributed by atoms with van der Waals surface area (Å²) in [5.74, 6) is 0.632. The lowest BCUT2D eigenvalue weighted by Crippen LogP contribution is -2.48. The van der Waals surface area contributed by atoms with Crippen LogP contribution in [0.5, 0.6) is 0 Å². The molecule has 0 aromatic heterocycles. The number of piperidine rings is 1. The van der Waals surface area contributed by atoms with E-state index in [0.29, 0.717) is 37.8 Å². The van der Waals surface area contributed by atoms with Crippen LogP contribution in [0.4, 0.5) is 4.79 Å². The Bertz CT molecular complexity index is 1140. The fraction of sp³-hybridized carbons (Fsp3) is 0.658. The van der Waals surface area contributed by atoms with E-state index in [4.69, 9.17) is 9.47 Å². The number of thioether (sulfide) groups is 1. The standard InChI is InChI=1S/C20H32N4O5S.C13H22.C3H8.C2H6/c1-14(2)23(9-7-21-19(30-5)13-24(26)27)20(25)22-8-6-15-10-17(28-3)18(29-4)11-16(15)12-22;1-8-10(4)12(6)13(7)11(5)9(2)3;1-3-2;1-2/h10-11,17-19,21H,1,6-9,12-13H2,2-5H3;8-9H,1H2,2-7H3;3H2,1-2H3;1-2H3/b;12-10-,13-11-;;. The molecule has 0 aromatic rings. The number of nitro groups is 1. The largest absolute Gasteiger partial charge is 0.374 e. The van der Waals surface area contributed by atoms with Gasteiger partial charge in [0.25, 0.3) is 0 Å². The van der Waals surface area contributed by atoms with Crippen LogP contribution in [-0.2, 0) is 9.47 Å². The number of fused-ring (bicyclic) bond motifs is 1. The average Bonchev–Trinajstić information content (AvgIpc) is 3.07. The third kappa shape index (κ3) is 16.6. The molecule has 0 aromatic carbocycles. The molecule has 2 rings (SSSR count). The Morgan fingerprint density at radius 3 is 2.04 bits per heavy atom. The molecule has 1 fully saturated rings. The number of likely N-dealkylation sites (tertiary alicyclic amines) is 1. The van der Waals surface area contributed by atoms with E-state index < -0.39 is 0 Å². The zero-order valence-corrected chi connectivity index (χ0v) is 33.5. The molecule has 1 heterocycles. The molecular weight excluding hydrogens is 625 g/mol. The van der Waals surface area contributed by atoms with Crippen molar-refractivity contribution < 1.29 is 19.2 Å². The van der Waals surface area contributed by atoms with Crippen LogP contribution in [0.15, 0.2) is 70.5 Å². The van der Waals surface area contributed by atoms with Gasteiger partial charge in [0.15, 0.2) is 0 Å². The summed E-state index contributed by atoms with van der Waals surface area (Å²) < 4.78 is 11.0. The van der Waals surface area contributed by atoms with Gasteiger partial charge in [-0.2, -0.15) is 0 Å². The summed E-state index contributed by atoms with van der Waals surface area (Å²) >= 11 is 1.39. The van der Waals surface area contributed by atoms with E-state index >= 15 is 0 Å². The lowest BCUT2D eigenvalue weighted by atomic mass is 9.89. The molecule has 276 valence electrons. The number of methoxy groups -OCH3 is 2. The van der Waals surface area contributed by atoms with Gasteiger partial charge in [0.2, 0.25) is 6.54 Å². The van der Waals surface area contributed by atoms with Crippen molar-refractivity contribution in [1.29, 1.82) is 0 Å². The second kappa shape index (κ2) is 26.2. The van der Waals surface area contributed by atoms with Crippen molar-refractivity contribution in [2.24, 2.45) is 5.92 Å². The monoisotopic (exact) mass is 692 g/mol. The van der Waals surface area contributed by atoms with Crippen LogP contribution in [0.1, 0.15) is 89.0 Å². The molecule has 1 aliphatic heterocycles. The van der Waals surface area contributed by atoms with E-state index in [0.717, 1.165) is 12.0 Å². The predicted octanol–water partition coefficient (Wildman–Crippen LogP) is 9.04. The van der Waals surface area contributed by atoms with Gasteiger partial charge in [-0.05, 0) is 93.2 Å². The molecule has 3 atom stereocenters. The number of allylic oxidation sites excluding steroid dienone is 6. The summed E-state index contributed by atoms with van der Waals surface area (Å²) in [5, 5.41) is 13.6. The van der Waals surface area contributed by atoms with E-state index in [1.165, 1.54) is 46.0 Å². The number of urea groups is 1. The fourth-order valence-electron chi connectivity index (χ4n) is 4.80. The summed E-state index contributed by atoms with van der Waals surface area (Å²) in [6.07, 6.45) is 9.59. The molecule has 0 spiro atoms. The van der Waals surface area contributed by atoms with Crippen LogP contribution >= 0.6 is 11.8 Å². The quantitative estimate of drug-likeness (QED) is 0.0890. The van der Waals surface area contributed by atoms with Crippen LogP contribution in [0.3, 0.4) is 0 Å². The Labute approximate surface area is 297 Å². The van der Waals surface area contributed by atoms with Crippen molar-refractivity contribution in [3.63, 3.8) is 0 Å². The maximum atomic E-state index is 13.2. The van der Waals surface area contributed by atoms with Crippen molar-refractivity contribution in [3.05, 3.63) is 80.6 Å². The summed E-state index contributed by atoms with van der Waals surface area (Å²) in [4.78, 5) is 27.0. The van der Waals surface area contributed by atoms with E-state index in [-0.39, 0.29) is 35.1 Å². The highest BCUT2D eigenvalue weighted by Crippen LogP contribution is 2.30. The molecule has 10 heteroatoms. The first-order valence-corrected chi connectivity index (χ1v) is 18.5. The molecule has 1 aliphatic carbocycles. The zero-order valence-electron chi connectivity index (χ0n) is 32.7. The number of nitrogens with zero attached hydrogens (tertiary/aromatic N) is 3.